The van der Waals surface area contributed by atoms with Gasteiger partial charge >= 0.3 is 0 Å². The van der Waals surface area contributed by atoms with Gasteiger partial charge in [0.05, 0.1) is 4.92 Å². The van der Waals surface area contributed by atoms with Crippen LogP contribution in [0, 0.1) is 16.0 Å². The Balaban J connectivity index is 1.32. The van der Waals surface area contributed by atoms with Crippen LogP contribution in [-0.2, 0) is 11.2 Å². The van der Waals surface area contributed by atoms with Crippen molar-refractivity contribution in [3.05, 3.63) is 56.3 Å². The number of nitrogens with one attached hydrogen (secondary N) is 1. The van der Waals surface area contributed by atoms with Gasteiger partial charge in [-0.25, -0.2) is 0 Å². The van der Waals surface area contributed by atoms with E-state index in [0.717, 1.165) is 32.4 Å². The molecule has 0 bridgehead atoms. The summed E-state index contributed by atoms with van der Waals surface area (Å²) < 4.78 is 0. The molecule has 32 heavy (non-hydrogen) atoms. The van der Waals surface area contributed by atoms with E-state index in [2.05, 4.69) is 11.4 Å². The number of benzene rings is 1. The van der Waals surface area contributed by atoms with Crippen molar-refractivity contribution in [3.8, 4) is 0 Å². The number of hydrogen-bond donors (Lipinski definition) is 1. The number of thiophene rings is 1. The molecule has 2 aliphatic rings. The number of carbonyl (C=O) groups is 2. The smallest absolute Gasteiger partial charge is 0.293 e. The second-order valence-corrected chi connectivity index (χ2v) is 9.37. The van der Waals surface area contributed by atoms with Crippen molar-refractivity contribution < 1.29 is 14.5 Å². The van der Waals surface area contributed by atoms with E-state index in [1.165, 1.54) is 10.9 Å². The van der Waals surface area contributed by atoms with E-state index in [-0.39, 0.29) is 23.4 Å². The van der Waals surface area contributed by atoms with E-state index in [1.807, 2.05) is 16.3 Å². The molecule has 0 spiro atoms. The fourth-order valence-corrected chi connectivity index (χ4v) is 5.17. The number of likely N-dealkylation sites (tertiary alicyclic amines) is 1. The van der Waals surface area contributed by atoms with Gasteiger partial charge in [0.25, 0.3) is 11.6 Å². The Morgan fingerprint density at radius 2 is 1.88 bits per heavy atom. The number of nitro groups is 1. The van der Waals surface area contributed by atoms with Gasteiger partial charge in [0.15, 0.2) is 0 Å². The van der Waals surface area contributed by atoms with Gasteiger partial charge in [-0.05, 0) is 55.7 Å². The summed E-state index contributed by atoms with van der Waals surface area (Å²) in [4.78, 5) is 41.6. The molecule has 2 aliphatic heterocycles. The molecule has 3 heterocycles. The molecule has 0 atom stereocenters. The van der Waals surface area contributed by atoms with Crippen molar-refractivity contribution in [2.24, 2.45) is 5.92 Å². The molecule has 4 rings (SSSR count). The summed E-state index contributed by atoms with van der Waals surface area (Å²) in [5.74, 6) is -0.272. The molecule has 2 saturated heterocycles. The largest absolute Gasteiger partial charge is 0.366 e. The van der Waals surface area contributed by atoms with Crippen LogP contribution in [-0.4, -0.2) is 54.4 Å². The predicted octanol–water partition coefficient (Wildman–Crippen LogP) is 3.47. The average molecular weight is 457 g/mol. The highest BCUT2D eigenvalue weighted by Crippen LogP contribution is 2.32. The summed E-state index contributed by atoms with van der Waals surface area (Å²) in [6.07, 6.45) is 4.07. The van der Waals surface area contributed by atoms with Crippen LogP contribution in [0.2, 0.25) is 0 Å². The highest BCUT2D eigenvalue weighted by molar-refractivity contribution is 7.09. The molecular formula is C23H28N4O4S. The number of carbonyl (C=O) groups excluding carboxylic acids is 2. The second-order valence-electron chi connectivity index (χ2n) is 8.34. The molecule has 2 amide bonds. The minimum absolute atomic E-state index is 0.0160. The maximum atomic E-state index is 13.0. The zero-order chi connectivity index (χ0) is 22.5. The third kappa shape index (κ3) is 5.09. The van der Waals surface area contributed by atoms with Crippen molar-refractivity contribution >= 4 is 34.5 Å². The van der Waals surface area contributed by atoms with Crippen LogP contribution in [0.25, 0.3) is 0 Å². The molecule has 1 aromatic heterocycles. The van der Waals surface area contributed by atoms with Crippen LogP contribution in [0.15, 0.2) is 35.7 Å². The highest BCUT2D eigenvalue weighted by Gasteiger charge is 2.29. The molecule has 8 nitrogen and oxygen atoms in total. The molecule has 2 fully saturated rings. The fraction of sp³-hybridized carbons (Fsp3) is 0.478. The summed E-state index contributed by atoms with van der Waals surface area (Å²) in [6.45, 7) is 3.17. The monoisotopic (exact) mass is 456 g/mol. The summed E-state index contributed by atoms with van der Waals surface area (Å²) >= 11 is 1.68. The van der Waals surface area contributed by atoms with Gasteiger partial charge in [0.1, 0.15) is 5.69 Å². The van der Waals surface area contributed by atoms with Gasteiger partial charge in [0, 0.05) is 55.1 Å². The predicted molar refractivity (Wildman–Crippen MR) is 124 cm³/mol. The molecule has 0 unspecified atom stereocenters. The van der Waals surface area contributed by atoms with Crippen molar-refractivity contribution in [1.29, 1.82) is 0 Å². The lowest BCUT2D eigenvalue weighted by atomic mass is 9.95. The topological polar surface area (TPSA) is 95.8 Å². The minimum Gasteiger partial charge on any atom is -0.366 e. The maximum absolute atomic E-state index is 13.0. The van der Waals surface area contributed by atoms with Crippen molar-refractivity contribution in [2.45, 2.75) is 32.1 Å². The number of rotatable bonds is 7. The summed E-state index contributed by atoms with van der Waals surface area (Å²) in [7, 11) is 0. The maximum Gasteiger partial charge on any atom is 0.293 e. The Kier molecular flexibility index (Phi) is 7.04. The van der Waals surface area contributed by atoms with Gasteiger partial charge in [-0.1, -0.05) is 6.07 Å². The quantitative estimate of drug-likeness (QED) is 0.508. The van der Waals surface area contributed by atoms with Gasteiger partial charge in [0.2, 0.25) is 5.91 Å². The van der Waals surface area contributed by atoms with Crippen molar-refractivity contribution in [1.82, 2.24) is 10.2 Å². The van der Waals surface area contributed by atoms with E-state index in [0.29, 0.717) is 43.7 Å². The first kappa shape index (κ1) is 22.3. The van der Waals surface area contributed by atoms with E-state index >= 15 is 0 Å². The molecular weight excluding hydrogens is 428 g/mol. The molecule has 0 saturated carbocycles. The fourth-order valence-electron chi connectivity index (χ4n) is 4.46. The van der Waals surface area contributed by atoms with Gasteiger partial charge in [-0.2, -0.15) is 0 Å². The molecule has 1 N–H and O–H groups in total. The first-order chi connectivity index (χ1) is 15.5. The zero-order valence-corrected chi connectivity index (χ0v) is 18.8. The third-order valence-corrected chi connectivity index (χ3v) is 7.21. The molecule has 1 aromatic carbocycles. The Labute approximate surface area is 191 Å². The minimum atomic E-state index is -0.406. The number of nitro benzene ring substituents is 1. The van der Waals surface area contributed by atoms with E-state index in [1.54, 1.807) is 28.4 Å². The summed E-state index contributed by atoms with van der Waals surface area (Å²) in [6, 6.07) is 8.85. The lowest BCUT2D eigenvalue weighted by Gasteiger charge is -2.31. The first-order valence-corrected chi connectivity index (χ1v) is 12.0. The number of piperidine rings is 1. The van der Waals surface area contributed by atoms with Crippen LogP contribution >= 0.6 is 11.3 Å². The molecule has 9 heteroatoms. The SMILES string of the molecule is O=C(NCCc1cccs1)C1CCN(C(=O)c2ccc(N3CCCC3)c([N+](=O)[O-])c2)CC1. The lowest BCUT2D eigenvalue weighted by Crippen LogP contribution is -2.43. The second kappa shape index (κ2) is 10.1. The Bertz CT molecular complexity index is 964. The van der Waals surface area contributed by atoms with E-state index < -0.39 is 4.92 Å². The molecule has 0 aliphatic carbocycles. The van der Waals surface area contributed by atoms with Crippen molar-refractivity contribution in [2.75, 3.05) is 37.6 Å². The van der Waals surface area contributed by atoms with Crippen LogP contribution < -0.4 is 10.2 Å². The number of amides is 2. The average Bonchev–Trinajstić information content (AvgIpc) is 3.53. The standard InChI is InChI=1S/C23H28N4O4S/c28-22(24-10-7-19-4-3-15-32-19)17-8-13-26(14-9-17)23(29)18-5-6-20(21(16-18)27(30)31)25-11-1-2-12-25/h3-6,15-17H,1-2,7-14H2,(H,24,28). The third-order valence-electron chi connectivity index (χ3n) is 6.27. The van der Waals surface area contributed by atoms with Gasteiger partial charge in [-0.15, -0.1) is 11.3 Å². The van der Waals surface area contributed by atoms with Gasteiger partial charge in [-0.3, -0.25) is 19.7 Å². The summed E-state index contributed by atoms with van der Waals surface area (Å²) in [5, 5.41) is 16.6. The molecule has 2 aromatic rings. The lowest BCUT2D eigenvalue weighted by molar-refractivity contribution is -0.384. The van der Waals surface area contributed by atoms with E-state index in [9.17, 15) is 19.7 Å². The molecule has 170 valence electrons. The zero-order valence-electron chi connectivity index (χ0n) is 18.0. The van der Waals surface area contributed by atoms with Crippen LogP contribution in [0.5, 0.6) is 0 Å². The summed E-state index contributed by atoms with van der Waals surface area (Å²) in [5.41, 5.74) is 0.901. The Morgan fingerprint density at radius 3 is 2.53 bits per heavy atom. The highest BCUT2D eigenvalue weighted by atomic mass is 32.1. The van der Waals surface area contributed by atoms with E-state index in [4.69, 9.17) is 0 Å². The van der Waals surface area contributed by atoms with Crippen LogP contribution in [0.4, 0.5) is 11.4 Å². The van der Waals surface area contributed by atoms with Crippen LogP contribution in [0.1, 0.15) is 40.9 Å². The van der Waals surface area contributed by atoms with Crippen LogP contribution in [0.3, 0.4) is 0 Å². The number of hydrogen-bond acceptors (Lipinski definition) is 6. The Morgan fingerprint density at radius 1 is 1.12 bits per heavy atom. The molecule has 0 radical (unpaired) electrons. The number of nitrogens with zero attached hydrogens (tertiary/aromatic N) is 3. The normalized spacial score (nSPS) is 16.9. The number of anilines is 1. The van der Waals surface area contributed by atoms with Gasteiger partial charge < -0.3 is 15.1 Å². The Hall–Kier alpha value is -2.94. The first-order valence-electron chi connectivity index (χ1n) is 11.2. The van der Waals surface area contributed by atoms with Crippen molar-refractivity contribution in [3.63, 3.8) is 0 Å².